The Balaban J connectivity index is 1.83. The van der Waals surface area contributed by atoms with E-state index in [0.717, 1.165) is 36.4 Å². The zero-order chi connectivity index (χ0) is 23.1. The van der Waals surface area contributed by atoms with Crippen LogP contribution in [0.1, 0.15) is 10.4 Å². The van der Waals surface area contributed by atoms with E-state index in [-0.39, 0.29) is 33.2 Å². The van der Waals surface area contributed by atoms with Crippen LogP contribution in [0.15, 0.2) is 87.5 Å². The number of phenols is 1. The maximum absolute atomic E-state index is 12.9. The monoisotopic (exact) mass is 479 g/mol. The molecule has 0 atom stereocenters. The van der Waals surface area contributed by atoms with Gasteiger partial charge in [0.25, 0.3) is 5.91 Å². The van der Waals surface area contributed by atoms with Gasteiger partial charge in [0.05, 0.1) is 9.79 Å². The van der Waals surface area contributed by atoms with Crippen LogP contribution in [0, 0.1) is 0 Å². The third-order valence-corrected chi connectivity index (χ3v) is 7.04. The number of aromatic hydroxyl groups is 1. The molecule has 0 radical (unpaired) electrons. The van der Waals surface area contributed by atoms with Gasteiger partial charge in [-0.3, -0.25) is 4.79 Å². The van der Waals surface area contributed by atoms with E-state index in [4.69, 9.17) is 0 Å². The molecule has 3 aromatic rings. The number of nitrogens with one attached hydrogen (secondary N) is 1. The molecule has 0 unspecified atom stereocenters. The summed E-state index contributed by atoms with van der Waals surface area (Å²) in [4.78, 5) is 9.84. The van der Waals surface area contributed by atoms with Crippen LogP contribution in [-0.4, -0.2) is 19.4 Å². The Bertz CT molecular complexity index is 1260. The maximum atomic E-state index is 12.9. The number of phenolic OH excluding ortho intramolecular Hbond substituents is 1. The van der Waals surface area contributed by atoms with Crippen molar-refractivity contribution in [1.29, 1.82) is 0 Å². The Labute approximate surface area is 173 Å². The van der Waals surface area contributed by atoms with Gasteiger partial charge in [0.15, 0.2) is 0 Å². The lowest BCUT2D eigenvalue weighted by atomic mass is 10.2. The van der Waals surface area contributed by atoms with Gasteiger partial charge in [0.2, 0.25) is 9.84 Å². The van der Waals surface area contributed by atoms with Crippen LogP contribution in [-0.2, 0) is 9.84 Å². The van der Waals surface area contributed by atoms with E-state index < -0.39 is 36.6 Å². The molecular formula is C19H14F5NO4S2. The van der Waals surface area contributed by atoms with Crippen molar-refractivity contribution in [3.63, 3.8) is 0 Å². The number of halogens is 5. The SMILES string of the molecule is O=C(Nc1cccc(S(F)(F)(F)(F)F)c1)c1ccc(S(=O)(=O)c2ccc(O)cc2)cc1. The lowest BCUT2D eigenvalue weighted by Crippen LogP contribution is -2.13. The Morgan fingerprint density at radius 3 is 1.84 bits per heavy atom. The standard InChI is InChI=1S/C19H14F5NO4S2/c20-31(21,22,23,24)18-3-1-2-14(12-18)25-19(27)13-4-8-16(9-5-13)30(28,29)17-10-6-15(26)7-11-17/h1-12,26H,(H,25,27). The van der Waals surface area contributed by atoms with E-state index >= 15 is 0 Å². The van der Waals surface area contributed by atoms with Crippen LogP contribution < -0.4 is 5.32 Å². The topological polar surface area (TPSA) is 83.5 Å². The van der Waals surface area contributed by atoms with Crippen LogP contribution in [0.5, 0.6) is 5.75 Å². The van der Waals surface area contributed by atoms with Crippen molar-refractivity contribution in [2.45, 2.75) is 14.7 Å². The fourth-order valence-corrected chi connectivity index (χ4v) is 4.51. The lowest BCUT2D eigenvalue weighted by molar-refractivity contribution is 0.102. The zero-order valence-electron chi connectivity index (χ0n) is 15.3. The normalized spacial score (nSPS) is 14.4. The van der Waals surface area contributed by atoms with E-state index in [1.165, 1.54) is 24.3 Å². The van der Waals surface area contributed by atoms with Gasteiger partial charge in [-0.25, -0.2) is 8.42 Å². The first-order chi connectivity index (χ1) is 14.1. The first kappa shape index (κ1) is 22.6. The van der Waals surface area contributed by atoms with Gasteiger partial charge in [-0.15, -0.1) is 0 Å². The molecule has 5 nitrogen and oxygen atoms in total. The average Bonchev–Trinajstić information content (AvgIpc) is 2.67. The summed E-state index contributed by atoms with van der Waals surface area (Å²) >= 11 is 0. The highest BCUT2D eigenvalue weighted by molar-refractivity contribution is 8.45. The van der Waals surface area contributed by atoms with Gasteiger partial charge in [-0.1, -0.05) is 25.5 Å². The van der Waals surface area contributed by atoms with Crippen molar-refractivity contribution in [3.05, 3.63) is 78.4 Å². The zero-order valence-corrected chi connectivity index (χ0v) is 16.9. The molecule has 0 heterocycles. The van der Waals surface area contributed by atoms with Crippen molar-refractivity contribution < 1.29 is 37.7 Å². The van der Waals surface area contributed by atoms with Gasteiger partial charge < -0.3 is 10.4 Å². The molecule has 0 saturated carbocycles. The Morgan fingerprint density at radius 1 is 0.806 bits per heavy atom. The second-order valence-electron chi connectivity index (χ2n) is 6.47. The fraction of sp³-hybridized carbons (Fsp3) is 0. The van der Waals surface area contributed by atoms with Gasteiger partial charge in [-0.2, -0.15) is 0 Å². The molecule has 0 aliphatic carbocycles. The van der Waals surface area contributed by atoms with E-state index in [2.05, 4.69) is 5.32 Å². The molecule has 3 rings (SSSR count). The molecule has 0 spiro atoms. The summed E-state index contributed by atoms with van der Waals surface area (Å²) in [5.41, 5.74) is -0.612. The number of rotatable bonds is 5. The first-order valence-corrected chi connectivity index (χ1v) is 11.8. The van der Waals surface area contributed by atoms with Crippen molar-refractivity contribution in [2.24, 2.45) is 0 Å². The molecule has 1 amide bonds. The summed E-state index contributed by atoms with van der Waals surface area (Å²) in [5.74, 6) is -1.05. The van der Waals surface area contributed by atoms with Gasteiger partial charge in [0, 0.05) is 11.3 Å². The van der Waals surface area contributed by atoms with E-state index in [1.54, 1.807) is 0 Å². The highest BCUT2D eigenvalue weighted by Gasteiger charge is 2.65. The van der Waals surface area contributed by atoms with Crippen LogP contribution >= 0.6 is 10.2 Å². The largest absolute Gasteiger partial charge is 0.508 e. The highest BCUT2D eigenvalue weighted by Crippen LogP contribution is 3.02. The van der Waals surface area contributed by atoms with Crippen LogP contribution in [0.4, 0.5) is 25.1 Å². The smallest absolute Gasteiger partial charge is 0.310 e. The molecule has 0 bridgehead atoms. The average molecular weight is 479 g/mol. The summed E-state index contributed by atoms with van der Waals surface area (Å²) in [5, 5.41) is 11.3. The number of anilines is 1. The number of carbonyl (C=O) groups is 1. The number of hydrogen-bond donors (Lipinski definition) is 2. The fourth-order valence-electron chi connectivity index (χ4n) is 2.56. The maximum Gasteiger partial charge on any atom is 0.310 e. The third kappa shape index (κ3) is 5.14. The van der Waals surface area contributed by atoms with E-state index in [1.807, 2.05) is 0 Å². The third-order valence-electron chi connectivity index (χ3n) is 4.11. The number of sulfone groups is 1. The molecule has 12 heteroatoms. The van der Waals surface area contributed by atoms with Crippen molar-refractivity contribution in [3.8, 4) is 5.75 Å². The number of amides is 1. The number of hydrogen-bond acceptors (Lipinski definition) is 4. The van der Waals surface area contributed by atoms with E-state index in [0.29, 0.717) is 0 Å². The molecule has 166 valence electrons. The van der Waals surface area contributed by atoms with Crippen LogP contribution in [0.25, 0.3) is 0 Å². The minimum atomic E-state index is -9.91. The summed E-state index contributed by atoms with van der Waals surface area (Å²) in [6.07, 6.45) is 0. The summed E-state index contributed by atoms with van der Waals surface area (Å²) in [6, 6.07) is 11.3. The Kier molecular flexibility index (Phi) is 4.87. The number of benzene rings is 3. The van der Waals surface area contributed by atoms with Crippen molar-refractivity contribution in [2.75, 3.05) is 5.32 Å². The summed E-state index contributed by atoms with van der Waals surface area (Å²) in [7, 11) is -13.8. The Hall–Kier alpha value is -3.12. The molecular weight excluding hydrogens is 465 g/mol. The van der Waals surface area contributed by atoms with Crippen LogP contribution in [0.2, 0.25) is 0 Å². The van der Waals surface area contributed by atoms with Gasteiger partial charge in [-0.05, 0) is 66.7 Å². The molecule has 0 aliphatic rings. The minimum absolute atomic E-state index is 0.102. The Morgan fingerprint density at radius 2 is 1.32 bits per heavy atom. The van der Waals surface area contributed by atoms with Crippen LogP contribution in [0.3, 0.4) is 0 Å². The molecule has 0 fully saturated rings. The number of carbonyl (C=O) groups excluding carboxylic acids is 1. The molecule has 3 aromatic carbocycles. The molecule has 2 N–H and O–H groups in total. The molecule has 0 aliphatic heterocycles. The second kappa shape index (κ2) is 6.69. The lowest BCUT2D eigenvalue weighted by Gasteiger charge is -2.40. The molecule has 31 heavy (non-hydrogen) atoms. The van der Waals surface area contributed by atoms with Crippen molar-refractivity contribution >= 4 is 31.7 Å². The quantitative estimate of drug-likeness (QED) is 0.431. The second-order valence-corrected chi connectivity index (χ2v) is 10.8. The summed E-state index contributed by atoms with van der Waals surface area (Å²) < 4.78 is 89.7. The van der Waals surface area contributed by atoms with Gasteiger partial charge in [0.1, 0.15) is 10.6 Å². The van der Waals surface area contributed by atoms with Crippen molar-refractivity contribution in [1.82, 2.24) is 0 Å². The molecule has 0 aromatic heterocycles. The predicted octanol–water partition coefficient (Wildman–Crippen LogP) is 6.13. The predicted molar refractivity (Wildman–Crippen MR) is 106 cm³/mol. The summed E-state index contributed by atoms with van der Waals surface area (Å²) in [6.45, 7) is 0. The van der Waals surface area contributed by atoms with E-state index in [9.17, 15) is 37.7 Å². The van der Waals surface area contributed by atoms with Gasteiger partial charge >= 0.3 is 10.2 Å². The first-order valence-electron chi connectivity index (χ1n) is 8.36. The minimum Gasteiger partial charge on any atom is -0.508 e. The molecule has 0 saturated heterocycles. The highest BCUT2D eigenvalue weighted by atomic mass is 32.5.